The molecule has 0 spiro atoms. The fourth-order valence-corrected chi connectivity index (χ4v) is 2.10. The van der Waals surface area contributed by atoms with Crippen LogP contribution in [0.4, 0.5) is 5.13 Å². The van der Waals surface area contributed by atoms with Gasteiger partial charge in [0.1, 0.15) is 17.0 Å². The first-order valence-corrected chi connectivity index (χ1v) is 5.84. The molecular weight excluding hydrogens is 240 g/mol. The Morgan fingerprint density at radius 1 is 1.65 bits per heavy atom. The number of amides is 1. The van der Waals surface area contributed by atoms with Crippen molar-refractivity contribution in [3.63, 3.8) is 0 Å². The zero-order valence-corrected chi connectivity index (χ0v) is 10.0. The van der Waals surface area contributed by atoms with Crippen molar-refractivity contribution in [2.45, 2.75) is 13.3 Å². The molecule has 0 unspecified atom stereocenters. The molecule has 0 fully saturated rings. The van der Waals surface area contributed by atoms with Crippen molar-refractivity contribution in [2.24, 2.45) is 0 Å². The number of H-pyrrole nitrogens is 1. The van der Waals surface area contributed by atoms with Gasteiger partial charge in [-0.1, -0.05) is 11.3 Å². The van der Waals surface area contributed by atoms with Crippen LogP contribution >= 0.6 is 11.3 Å². The Bertz CT molecular complexity index is 506. The summed E-state index contributed by atoms with van der Waals surface area (Å²) in [7, 11) is 0. The van der Waals surface area contributed by atoms with E-state index >= 15 is 0 Å². The van der Waals surface area contributed by atoms with Gasteiger partial charge in [0.05, 0.1) is 5.69 Å². The Hall–Kier alpha value is -1.96. The van der Waals surface area contributed by atoms with Crippen LogP contribution in [-0.2, 0) is 6.42 Å². The standard InChI is InChI=1S/C9H12N6OS/c1-5-7(17-9(10)14-5)8(16)11-3-2-6-12-4-13-15-6/h4H,2-3H2,1H3,(H2,10,14)(H,11,16)(H,12,13,15). The van der Waals surface area contributed by atoms with Crippen LogP contribution in [0.3, 0.4) is 0 Å². The average Bonchev–Trinajstić information content (AvgIpc) is 2.88. The number of nitrogens with two attached hydrogens (primary N) is 1. The van der Waals surface area contributed by atoms with Gasteiger partial charge in [0.25, 0.3) is 5.91 Å². The van der Waals surface area contributed by atoms with Gasteiger partial charge in [-0.15, -0.1) is 0 Å². The van der Waals surface area contributed by atoms with Crippen molar-refractivity contribution in [1.29, 1.82) is 0 Å². The number of hydrogen-bond donors (Lipinski definition) is 3. The van der Waals surface area contributed by atoms with E-state index in [1.54, 1.807) is 6.92 Å². The molecule has 0 saturated carbocycles. The number of nitrogens with zero attached hydrogens (tertiary/aromatic N) is 3. The maximum absolute atomic E-state index is 11.8. The number of rotatable bonds is 4. The Morgan fingerprint density at radius 3 is 3.06 bits per heavy atom. The summed E-state index contributed by atoms with van der Waals surface area (Å²) < 4.78 is 0. The van der Waals surface area contributed by atoms with E-state index < -0.39 is 0 Å². The Kier molecular flexibility index (Phi) is 3.33. The molecule has 0 radical (unpaired) electrons. The molecule has 7 nitrogen and oxygen atoms in total. The molecule has 0 atom stereocenters. The number of nitrogen functional groups attached to an aromatic ring is 1. The fourth-order valence-electron chi connectivity index (χ4n) is 1.35. The zero-order chi connectivity index (χ0) is 12.3. The minimum atomic E-state index is -0.156. The van der Waals surface area contributed by atoms with Crippen LogP contribution in [0.1, 0.15) is 21.2 Å². The zero-order valence-electron chi connectivity index (χ0n) is 9.23. The topological polar surface area (TPSA) is 110 Å². The Labute approximate surface area is 101 Å². The van der Waals surface area contributed by atoms with Crippen LogP contribution in [-0.4, -0.2) is 32.6 Å². The molecule has 8 heteroatoms. The van der Waals surface area contributed by atoms with Crippen molar-refractivity contribution < 1.29 is 4.79 Å². The maximum atomic E-state index is 11.8. The highest BCUT2D eigenvalue weighted by molar-refractivity contribution is 7.17. The van der Waals surface area contributed by atoms with Gasteiger partial charge in [0, 0.05) is 13.0 Å². The van der Waals surface area contributed by atoms with Crippen molar-refractivity contribution in [3.8, 4) is 0 Å². The number of aryl methyl sites for hydroxylation is 1. The third-order valence-electron chi connectivity index (χ3n) is 2.13. The number of aromatic nitrogens is 4. The van der Waals surface area contributed by atoms with Crippen molar-refractivity contribution in [1.82, 2.24) is 25.5 Å². The molecular formula is C9H12N6OS. The lowest BCUT2D eigenvalue weighted by Crippen LogP contribution is -2.25. The molecule has 0 saturated heterocycles. The predicted octanol–water partition coefficient (Wildman–Crippen LogP) is 0.124. The SMILES string of the molecule is Cc1nc(N)sc1C(=O)NCCc1ncn[nH]1. The monoisotopic (exact) mass is 252 g/mol. The number of carbonyl (C=O) groups is 1. The molecule has 2 rings (SSSR count). The molecule has 2 aromatic rings. The average molecular weight is 252 g/mol. The second-order valence-corrected chi connectivity index (χ2v) is 4.44. The Morgan fingerprint density at radius 2 is 2.47 bits per heavy atom. The number of hydrogen-bond acceptors (Lipinski definition) is 6. The quantitative estimate of drug-likeness (QED) is 0.716. The van der Waals surface area contributed by atoms with Gasteiger partial charge in [-0.2, -0.15) is 5.10 Å². The van der Waals surface area contributed by atoms with E-state index in [1.807, 2.05) is 0 Å². The molecule has 0 aliphatic carbocycles. The number of thiazole rings is 1. The van der Waals surface area contributed by atoms with Crippen molar-refractivity contribution >= 4 is 22.4 Å². The lowest BCUT2D eigenvalue weighted by atomic mass is 10.3. The van der Waals surface area contributed by atoms with Crippen LogP contribution in [0, 0.1) is 6.92 Å². The van der Waals surface area contributed by atoms with Gasteiger partial charge in [0.15, 0.2) is 5.13 Å². The highest BCUT2D eigenvalue weighted by Crippen LogP contribution is 2.19. The van der Waals surface area contributed by atoms with E-state index in [1.165, 1.54) is 17.7 Å². The molecule has 90 valence electrons. The summed E-state index contributed by atoms with van der Waals surface area (Å²) in [5.74, 6) is 0.585. The van der Waals surface area contributed by atoms with Gasteiger partial charge >= 0.3 is 0 Å². The smallest absolute Gasteiger partial charge is 0.263 e. The lowest BCUT2D eigenvalue weighted by molar-refractivity contribution is 0.0957. The van der Waals surface area contributed by atoms with Crippen molar-refractivity contribution in [3.05, 3.63) is 22.7 Å². The summed E-state index contributed by atoms with van der Waals surface area (Å²) in [5, 5.41) is 9.63. The van der Waals surface area contributed by atoms with Crippen LogP contribution in [0.15, 0.2) is 6.33 Å². The second-order valence-electron chi connectivity index (χ2n) is 3.40. The van der Waals surface area contributed by atoms with Gasteiger partial charge < -0.3 is 11.1 Å². The number of carbonyl (C=O) groups excluding carboxylic acids is 1. The summed E-state index contributed by atoms with van der Waals surface area (Å²) in [6.07, 6.45) is 2.05. The van der Waals surface area contributed by atoms with E-state index in [0.29, 0.717) is 28.7 Å². The van der Waals surface area contributed by atoms with Crippen molar-refractivity contribution in [2.75, 3.05) is 12.3 Å². The summed E-state index contributed by atoms with van der Waals surface area (Å²) in [5.41, 5.74) is 6.18. The van der Waals surface area contributed by atoms with Gasteiger partial charge in [0.2, 0.25) is 0 Å². The highest BCUT2D eigenvalue weighted by atomic mass is 32.1. The molecule has 17 heavy (non-hydrogen) atoms. The van der Waals surface area contributed by atoms with Crippen LogP contribution in [0.5, 0.6) is 0 Å². The van der Waals surface area contributed by atoms with E-state index in [2.05, 4.69) is 25.5 Å². The number of aromatic amines is 1. The number of nitrogens with one attached hydrogen (secondary N) is 2. The van der Waals surface area contributed by atoms with E-state index in [0.717, 1.165) is 5.82 Å². The minimum absolute atomic E-state index is 0.156. The first kappa shape index (κ1) is 11.5. The van der Waals surface area contributed by atoms with Gasteiger partial charge in [-0.05, 0) is 6.92 Å². The normalized spacial score (nSPS) is 10.4. The summed E-state index contributed by atoms with van der Waals surface area (Å²) >= 11 is 1.19. The summed E-state index contributed by atoms with van der Waals surface area (Å²) in [6.45, 7) is 2.25. The molecule has 0 bridgehead atoms. The second kappa shape index (κ2) is 4.91. The highest BCUT2D eigenvalue weighted by Gasteiger charge is 2.13. The fraction of sp³-hybridized carbons (Fsp3) is 0.333. The first-order valence-electron chi connectivity index (χ1n) is 5.02. The van der Waals surface area contributed by atoms with E-state index in [-0.39, 0.29) is 5.91 Å². The van der Waals surface area contributed by atoms with Crippen LogP contribution < -0.4 is 11.1 Å². The molecule has 0 aromatic carbocycles. The third-order valence-corrected chi connectivity index (χ3v) is 3.12. The van der Waals surface area contributed by atoms with E-state index in [4.69, 9.17) is 5.73 Å². The molecule has 2 heterocycles. The molecule has 1 amide bonds. The molecule has 0 aliphatic heterocycles. The third kappa shape index (κ3) is 2.78. The predicted molar refractivity (Wildman–Crippen MR) is 63.7 cm³/mol. The van der Waals surface area contributed by atoms with Gasteiger partial charge in [-0.25, -0.2) is 9.97 Å². The summed E-state index contributed by atoms with van der Waals surface area (Å²) in [6, 6.07) is 0. The van der Waals surface area contributed by atoms with Crippen LogP contribution in [0.2, 0.25) is 0 Å². The molecule has 0 aliphatic rings. The first-order chi connectivity index (χ1) is 8.16. The largest absolute Gasteiger partial charge is 0.375 e. The Balaban J connectivity index is 1.87. The van der Waals surface area contributed by atoms with Crippen LogP contribution in [0.25, 0.3) is 0 Å². The van der Waals surface area contributed by atoms with E-state index in [9.17, 15) is 4.79 Å². The lowest BCUT2D eigenvalue weighted by Gasteiger charge is -2.01. The number of anilines is 1. The minimum Gasteiger partial charge on any atom is -0.375 e. The maximum Gasteiger partial charge on any atom is 0.263 e. The summed E-state index contributed by atoms with van der Waals surface area (Å²) in [4.78, 5) is 20.3. The van der Waals surface area contributed by atoms with Gasteiger partial charge in [-0.3, -0.25) is 9.89 Å². The molecule has 2 aromatic heterocycles. The molecule has 4 N–H and O–H groups in total.